The standard InChI is InChI=1S/C26H39NO6/c1-17(2)11-12-21(29)25(3)23-22(32-4)20(28)13-14-26(23,31)16-27(25)19(24(30)33-5)15-18-9-7-6-8-10-18/h6-11,19-23,28-29,31H,12-16H2,1-5H3/t19-,20+,21+,22+,23+,25+,26-/m0/s1. The number of carbonyl (C=O) groups excluding carboxylic acids is 1. The topological polar surface area (TPSA) is 99.5 Å². The number of aliphatic hydroxyl groups is 3. The molecule has 7 nitrogen and oxygen atoms in total. The molecule has 1 saturated heterocycles. The van der Waals surface area contributed by atoms with Gasteiger partial charge in [-0.2, -0.15) is 0 Å². The SMILES string of the molecule is COC(=O)[C@H](Cc1ccccc1)N1C[C@@]2(O)CC[C@@H](O)[C@@H](OC)[C@@H]2[C@@]1(C)[C@H](O)CC=C(C)C. The first-order valence-electron chi connectivity index (χ1n) is 11.7. The number of hydrogen-bond acceptors (Lipinski definition) is 7. The van der Waals surface area contributed by atoms with Crippen LogP contribution in [0.5, 0.6) is 0 Å². The fraction of sp³-hybridized carbons (Fsp3) is 0.654. The van der Waals surface area contributed by atoms with Gasteiger partial charge in [-0.3, -0.25) is 9.69 Å². The number of benzene rings is 1. The number of carbonyl (C=O) groups is 1. The normalized spacial score (nSPS) is 33.8. The first kappa shape index (κ1) is 25.8. The smallest absolute Gasteiger partial charge is 0.323 e. The molecule has 3 rings (SSSR count). The highest BCUT2D eigenvalue weighted by Gasteiger charge is 2.67. The molecule has 0 aromatic heterocycles. The fourth-order valence-corrected chi connectivity index (χ4v) is 5.96. The van der Waals surface area contributed by atoms with Gasteiger partial charge in [-0.05, 0) is 52.0 Å². The van der Waals surface area contributed by atoms with Crippen LogP contribution in [0.25, 0.3) is 0 Å². The van der Waals surface area contributed by atoms with E-state index in [-0.39, 0.29) is 6.54 Å². The Kier molecular flexibility index (Phi) is 8.02. The highest BCUT2D eigenvalue weighted by molar-refractivity contribution is 5.76. The summed E-state index contributed by atoms with van der Waals surface area (Å²) in [4.78, 5) is 15.0. The Balaban J connectivity index is 2.11. The van der Waals surface area contributed by atoms with Crippen molar-refractivity contribution >= 4 is 5.97 Å². The average Bonchev–Trinajstić information content (AvgIpc) is 3.04. The average molecular weight is 462 g/mol. The van der Waals surface area contributed by atoms with Crippen LogP contribution in [0.2, 0.25) is 0 Å². The van der Waals surface area contributed by atoms with Crippen molar-refractivity contribution in [3.8, 4) is 0 Å². The second kappa shape index (κ2) is 10.2. The van der Waals surface area contributed by atoms with E-state index in [4.69, 9.17) is 9.47 Å². The predicted octanol–water partition coefficient (Wildman–Crippen LogP) is 2.08. The Hall–Kier alpha value is -1.77. The molecule has 2 aliphatic rings. The summed E-state index contributed by atoms with van der Waals surface area (Å²) in [6, 6.07) is 8.94. The molecule has 0 amide bonds. The van der Waals surface area contributed by atoms with Crippen LogP contribution in [0.3, 0.4) is 0 Å². The van der Waals surface area contributed by atoms with E-state index in [1.165, 1.54) is 14.2 Å². The monoisotopic (exact) mass is 461 g/mol. The van der Waals surface area contributed by atoms with Gasteiger partial charge in [0.15, 0.2) is 0 Å². The van der Waals surface area contributed by atoms with Crippen molar-refractivity contribution in [2.45, 2.75) is 81.9 Å². The van der Waals surface area contributed by atoms with Crippen LogP contribution in [0.15, 0.2) is 42.0 Å². The van der Waals surface area contributed by atoms with Crippen LogP contribution in [-0.2, 0) is 20.7 Å². The molecule has 3 N–H and O–H groups in total. The molecule has 0 unspecified atom stereocenters. The van der Waals surface area contributed by atoms with Crippen LogP contribution >= 0.6 is 0 Å². The summed E-state index contributed by atoms with van der Waals surface area (Å²) >= 11 is 0. The number of rotatable bonds is 8. The van der Waals surface area contributed by atoms with Crippen LogP contribution < -0.4 is 0 Å². The molecule has 1 aromatic carbocycles. The van der Waals surface area contributed by atoms with Crippen molar-refractivity contribution in [1.82, 2.24) is 4.90 Å². The van der Waals surface area contributed by atoms with Crippen molar-refractivity contribution in [2.75, 3.05) is 20.8 Å². The second-order valence-corrected chi connectivity index (χ2v) is 10.0. The quantitative estimate of drug-likeness (QED) is 0.403. The Morgan fingerprint density at radius 3 is 2.52 bits per heavy atom. The number of esters is 1. The third-order valence-electron chi connectivity index (χ3n) is 7.67. The van der Waals surface area contributed by atoms with E-state index in [1.54, 1.807) is 0 Å². The summed E-state index contributed by atoms with van der Waals surface area (Å²) in [6.07, 6.45) is 1.10. The molecule has 0 bridgehead atoms. The van der Waals surface area contributed by atoms with E-state index in [1.807, 2.05) is 62.1 Å². The first-order valence-corrected chi connectivity index (χ1v) is 11.7. The molecule has 33 heavy (non-hydrogen) atoms. The number of likely N-dealkylation sites (tertiary alicyclic amines) is 1. The van der Waals surface area contributed by atoms with Crippen LogP contribution in [0.1, 0.15) is 45.6 Å². The zero-order chi connectivity index (χ0) is 24.4. The number of ether oxygens (including phenoxy) is 2. The molecule has 0 radical (unpaired) electrons. The third kappa shape index (κ3) is 4.88. The zero-order valence-electron chi connectivity index (χ0n) is 20.4. The van der Waals surface area contributed by atoms with Crippen molar-refractivity contribution in [1.29, 1.82) is 0 Å². The zero-order valence-corrected chi connectivity index (χ0v) is 20.4. The van der Waals surface area contributed by atoms with E-state index in [9.17, 15) is 20.1 Å². The molecule has 1 heterocycles. The van der Waals surface area contributed by atoms with Gasteiger partial charge in [0.1, 0.15) is 6.04 Å². The first-order chi connectivity index (χ1) is 15.6. The lowest BCUT2D eigenvalue weighted by molar-refractivity contribution is -0.173. The van der Waals surface area contributed by atoms with Gasteiger partial charge < -0.3 is 24.8 Å². The van der Waals surface area contributed by atoms with E-state index in [2.05, 4.69) is 0 Å². The molecular weight excluding hydrogens is 422 g/mol. The summed E-state index contributed by atoms with van der Waals surface area (Å²) in [5.74, 6) is -1.02. The molecule has 7 heteroatoms. The molecular formula is C26H39NO6. The third-order valence-corrected chi connectivity index (χ3v) is 7.67. The maximum absolute atomic E-state index is 13.1. The van der Waals surface area contributed by atoms with E-state index < -0.39 is 47.4 Å². The van der Waals surface area contributed by atoms with Gasteiger partial charge >= 0.3 is 5.97 Å². The van der Waals surface area contributed by atoms with Crippen LogP contribution in [-0.4, -0.2) is 82.4 Å². The van der Waals surface area contributed by atoms with Gasteiger partial charge in [0, 0.05) is 19.6 Å². The molecule has 1 aliphatic carbocycles. The molecule has 2 fully saturated rings. The Morgan fingerprint density at radius 2 is 1.94 bits per heavy atom. The number of β-amino-alcohol motifs (C(OH)–C–C–N with tert-alkyl or cyclic N) is 1. The Labute approximate surface area is 197 Å². The minimum absolute atomic E-state index is 0.180. The van der Waals surface area contributed by atoms with Crippen molar-refractivity contribution in [2.24, 2.45) is 5.92 Å². The van der Waals surface area contributed by atoms with Crippen LogP contribution in [0, 0.1) is 5.92 Å². The summed E-state index contributed by atoms with van der Waals surface area (Å²) in [5, 5.41) is 34.1. The van der Waals surface area contributed by atoms with Gasteiger partial charge in [-0.1, -0.05) is 42.0 Å². The lowest BCUT2D eigenvalue weighted by atomic mass is 9.65. The number of allylic oxidation sites excluding steroid dienone is 1. The molecule has 184 valence electrons. The number of hydrogen-bond donors (Lipinski definition) is 3. The minimum Gasteiger partial charge on any atom is -0.468 e. The van der Waals surface area contributed by atoms with E-state index >= 15 is 0 Å². The number of nitrogens with zero attached hydrogens (tertiary/aromatic N) is 1. The fourth-order valence-electron chi connectivity index (χ4n) is 5.96. The van der Waals surface area contributed by atoms with Gasteiger partial charge in [-0.15, -0.1) is 0 Å². The van der Waals surface area contributed by atoms with Gasteiger partial charge in [0.25, 0.3) is 0 Å². The Bertz CT molecular complexity index is 840. The largest absolute Gasteiger partial charge is 0.468 e. The summed E-state index contributed by atoms with van der Waals surface area (Å²) < 4.78 is 10.9. The van der Waals surface area contributed by atoms with Crippen molar-refractivity contribution in [3.05, 3.63) is 47.5 Å². The highest BCUT2D eigenvalue weighted by atomic mass is 16.5. The Morgan fingerprint density at radius 1 is 1.27 bits per heavy atom. The maximum atomic E-state index is 13.1. The van der Waals surface area contributed by atoms with Crippen LogP contribution in [0.4, 0.5) is 0 Å². The predicted molar refractivity (Wildman–Crippen MR) is 126 cm³/mol. The second-order valence-electron chi connectivity index (χ2n) is 10.0. The summed E-state index contributed by atoms with van der Waals surface area (Å²) in [6.45, 7) is 5.99. The lowest BCUT2D eigenvalue weighted by Gasteiger charge is -2.50. The van der Waals surface area contributed by atoms with Crippen molar-refractivity contribution in [3.63, 3.8) is 0 Å². The molecule has 1 aliphatic heterocycles. The molecule has 7 atom stereocenters. The lowest BCUT2D eigenvalue weighted by Crippen LogP contribution is -2.65. The van der Waals surface area contributed by atoms with Gasteiger partial charge in [-0.25, -0.2) is 0 Å². The van der Waals surface area contributed by atoms with E-state index in [0.717, 1.165) is 11.1 Å². The van der Waals surface area contributed by atoms with Gasteiger partial charge in [0.05, 0.1) is 36.6 Å². The summed E-state index contributed by atoms with van der Waals surface area (Å²) in [7, 11) is 2.88. The highest BCUT2D eigenvalue weighted by Crippen LogP contribution is 2.53. The number of methoxy groups -OCH3 is 2. The molecule has 1 saturated carbocycles. The maximum Gasteiger partial charge on any atom is 0.323 e. The summed E-state index contributed by atoms with van der Waals surface area (Å²) in [5.41, 5.74) is -0.238. The minimum atomic E-state index is -1.22. The molecule has 1 aromatic rings. The van der Waals surface area contributed by atoms with E-state index in [0.29, 0.717) is 25.7 Å². The van der Waals surface area contributed by atoms with Crippen molar-refractivity contribution < 1.29 is 29.6 Å². The van der Waals surface area contributed by atoms with Gasteiger partial charge in [0.2, 0.25) is 0 Å². The molecule has 0 spiro atoms. The number of fused-ring (bicyclic) bond motifs is 1. The number of aliphatic hydroxyl groups excluding tert-OH is 2.